The lowest BCUT2D eigenvalue weighted by Gasteiger charge is -2.21. The number of hydrazine groups is 1. The Morgan fingerprint density at radius 1 is 1.48 bits per heavy atom. The SMILES string of the molecule is CC(C)C1CCC(=O)N(Cc2ccc(C(=O)NN)s2)CC1. The van der Waals surface area contributed by atoms with Crippen molar-refractivity contribution in [3.05, 3.63) is 21.9 Å². The summed E-state index contributed by atoms with van der Waals surface area (Å²) in [6.07, 6.45) is 2.67. The van der Waals surface area contributed by atoms with E-state index in [1.807, 2.05) is 11.0 Å². The van der Waals surface area contributed by atoms with Gasteiger partial charge < -0.3 is 4.90 Å². The van der Waals surface area contributed by atoms with Gasteiger partial charge in [-0.25, -0.2) is 5.84 Å². The first-order chi connectivity index (χ1) is 10.0. The number of nitrogens with one attached hydrogen (secondary N) is 1. The number of hydrogen-bond donors (Lipinski definition) is 2. The maximum Gasteiger partial charge on any atom is 0.275 e. The zero-order valence-electron chi connectivity index (χ0n) is 12.6. The summed E-state index contributed by atoms with van der Waals surface area (Å²) in [5, 5.41) is 0. The first-order valence-corrected chi connectivity index (χ1v) is 8.20. The Balaban J connectivity index is 2.00. The molecule has 1 fully saturated rings. The van der Waals surface area contributed by atoms with Crippen molar-refractivity contribution in [3.63, 3.8) is 0 Å². The average Bonchev–Trinajstić information content (AvgIpc) is 2.84. The molecule has 1 saturated heterocycles. The van der Waals surface area contributed by atoms with Crippen LogP contribution in [0.1, 0.15) is 47.7 Å². The second kappa shape index (κ2) is 7.04. The number of carbonyl (C=O) groups excluding carboxylic acids is 2. The zero-order valence-corrected chi connectivity index (χ0v) is 13.4. The summed E-state index contributed by atoms with van der Waals surface area (Å²) in [7, 11) is 0. The van der Waals surface area contributed by atoms with Crippen LogP contribution in [0.5, 0.6) is 0 Å². The number of nitrogen functional groups attached to an aromatic ring is 1. The molecule has 0 saturated carbocycles. The molecule has 1 unspecified atom stereocenters. The Hall–Kier alpha value is -1.40. The smallest absolute Gasteiger partial charge is 0.275 e. The van der Waals surface area contributed by atoms with Crippen LogP contribution in [-0.2, 0) is 11.3 Å². The lowest BCUT2D eigenvalue weighted by atomic mass is 9.89. The van der Waals surface area contributed by atoms with Gasteiger partial charge in [0.15, 0.2) is 0 Å². The molecule has 116 valence electrons. The fourth-order valence-corrected chi connectivity index (χ4v) is 3.66. The minimum Gasteiger partial charge on any atom is -0.338 e. The number of rotatable bonds is 4. The van der Waals surface area contributed by atoms with Crippen molar-refractivity contribution >= 4 is 23.2 Å². The van der Waals surface area contributed by atoms with Crippen LogP contribution in [0.25, 0.3) is 0 Å². The van der Waals surface area contributed by atoms with E-state index in [1.54, 1.807) is 6.07 Å². The Morgan fingerprint density at radius 2 is 2.24 bits per heavy atom. The van der Waals surface area contributed by atoms with Gasteiger partial charge in [-0.2, -0.15) is 0 Å². The third-order valence-corrected chi connectivity index (χ3v) is 5.23. The summed E-state index contributed by atoms with van der Waals surface area (Å²) in [4.78, 5) is 27.2. The van der Waals surface area contributed by atoms with Gasteiger partial charge in [0.25, 0.3) is 5.91 Å². The quantitative estimate of drug-likeness (QED) is 0.508. The number of likely N-dealkylation sites (tertiary alicyclic amines) is 1. The van der Waals surface area contributed by atoms with Crippen molar-refractivity contribution < 1.29 is 9.59 Å². The van der Waals surface area contributed by atoms with Gasteiger partial charge in [-0.1, -0.05) is 13.8 Å². The lowest BCUT2D eigenvalue weighted by Crippen LogP contribution is -2.29. The zero-order chi connectivity index (χ0) is 15.4. The molecule has 0 aromatic carbocycles. The molecule has 0 radical (unpaired) electrons. The van der Waals surface area contributed by atoms with Crippen molar-refractivity contribution in [1.82, 2.24) is 10.3 Å². The average molecular weight is 309 g/mol. The number of thiophene rings is 1. The van der Waals surface area contributed by atoms with Crippen LogP contribution in [-0.4, -0.2) is 23.3 Å². The molecule has 1 aromatic rings. The minimum absolute atomic E-state index is 0.219. The van der Waals surface area contributed by atoms with Gasteiger partial charge >= 0.3 is 0 Å². The third-order valence-electron chi connectivity index (χ3n) is 4.16. The fraction of sp³-hybridized carbons (Fsp3) is 0.600. The molecule has 0 bridgehead atoms. The van der Waals surface area contributed by atoms with Crippen LogP contribution in [0.15, 0.2) is 12.1 Å². The summed E-state index contributed by atoms with van der Waals surface area (Å²) in [5.41, 5.74) is 2.13. The molecule has 21 heavy (non-hydrogen) atoms. The van der Waals surface area contributed by atoms with Crippen molar-refractivity contribution in [2.24, 2.45) is 17.7 Å². The van der Waals surface area contributed by atoms with Crippen molar-refractivity contribution in [2.75, 3.05) is 6.54 Å². The third kappa shape index (κ3) is 4.04. The first-order valence-electron chi connectivity index (χ1n) is 7.38. The minimum atomic E-state index is -0.284. The summed E-state index contributed by atoms with van der Waals surface area (Å²) in [6, 6.07) is 3.65. The highest BCUT2D eigenvalue weighted by molar-refractivity contribution is 7.14. The van der Waals surface area contributed by atoms with E-state index in [2.05, 4.69) is 19.3 Å². The van der Waals surface area contributed by atoms with Gasteiger partial charge in [0.05, 0.1) is 11.4 Å². The highest BCUT2D eigenvalue weighted by Gasteiger charge is 2.24. The number of amides is 2. The summed E-state index contributed by atoms with van der Waals surface area (Å²) in [5.74, 6) is 6.31. The largest absolute Gasteiger partial charge is 0.338 e. The van der Waals surface area contributed by atoms with Crippen LogP contribution >= 0.6 is 11.3 Å². The monoisotopic (exact) mass is 309 g/mol. The molecule has 1 aliphatic rings. The van der Waals surface area contributed by atoms with E-state index in [0.29, 0.717) is 29.7 Å². The van der Waals surface area contributed by atoms with E-state index in [4.69, 9.17) is 5.84 Å². The molecule has 1 aliphatic heterocycles. The number of nitrogens with two attached hydrogens (primary N) is 1. The van der Waals surface area contributed by atoms with E-state index in [9.17, 15) is 9.59 Å². The Kier molecular flexibility index (Phi) is 5.36. The molecule has 0 aliphatic carbocycles. The first kappa shape index (κ1) is 16.0. The van der Waals surface area contributed by atoms with Crippen LogP contribution in [0, 0.1) is 11.8 Å². The van der Waals surface area contributed by atoms with Crippen LogP contribution < -0.4 is 11.3 Å². The topological polar surface area (TPSA) is 75.4 Å². The molecule has 2 rings (SSSR count). The van der Waals surface area contributed by atoms with E-state index >= 15 is 0 Å². The summed E-state index contributed by atoms with van der Waals surface area (Å²) in [6.45, 7) is 5.84. The van der Waals surface area contributed by atoms with Gasteiger partial charge in [-0.3, -0.25) is 15.0 Å². The van der Waals surface area contributed by atoms with E-state index < -0.39 is 0 Å². The second-order valence-electron chi connectivity index (χ2n) is 5.89. The molecule has 2 heterocycles. The predicted molar refractivity (Wildman–Crippen MR) is 83.6 cm³/mol. The Bertz CT molecular complexity index is 513. The van der Waals surface area contributed by atoms with E-state index in [0.717, 1.165) is 24.3 Å². The maximum atomic E-state index is 12.2. The molecule has 2 amide bonds. The summed E-state index contributed by atoms with van der Waals surface area (Å²) < 4.78 is 0. The molecule has 6 heteroatoms. The molecular formula is C15H23N3O2S. The Labute approximate surface area is 129 Å². The van der Waals surface area contributed by atoms with Crippen LogP contribution in [0.4, 0.5) is 0 Å². The van der Waals surface area contributed by atoms with Gasteiger partial charge in [0.2, 0.25) is 5.91 Å². The van der Waals surface area contributed by atoms with Gasteiger partial charge in [0.1, 0.15) is 0 Å². The van der Waals surface area contributed by atoms with Crippen molar-refractivity contribution in [2.45, 2.75) is 39.7 Å². The van der Waals surface area contributed by atoms with Crippen molar-refractivity contribution in [3.8, 4) is 0 Å². The molecule has 1 aromatic heterocycles. The van der Waals surface area contributed by atoms with Gasteiger partial charge in [-0.15, -0.1) is 11.3 Å². The van der Waals surface area contributed by atoms with E-state index in [-0.39, 0.29) is 11.8 Å². The van der Waals surface area contributed by atoms with Gasteiger partial charge in [0, 0.05) is 17.8 Å². The van der Waals surface area contributed by atoms with Crippen molar-refractivity contribution in [1.29, 1.82) is 0 Å². The highest BCUT2D eigenvalue weighted by Crippen LogP contribution is 2.27. The molecule has 1 atom stereocenters. The molecule has 5 nitrogen and oxygen atoms in total. The molecular weight excluding hydrogens is 286 g/mol. The van der Waals surface area contributed by atoms with Crippen LogP contribution in [0.3, 0.4) is 0 Å². The number of hydrogen-bond acceptors (Lipinski definition) is 4. The van der Waals surface area contributed by atoms with Gasteiger partial charge in [-0.05, 0) is 36.8 Å². The Morgan fingerprint density at radius 3 is 2.90 bits per heavy atom. The number of carbonyl (C=O) groups is 2. The van der Waals surface area contributed by atoms with Crippen LogP contribution in [0.2, 0.25) is 0 Å². The number of nitrogens with zero attached hydrogens (tertiary/aromatic N) is 1. The lowest BCUT2D eigenvalue weighted by molar-refractivity contribution is -0.131. The maximum absolute atomic E-state index is 12.2. The van der Waals surface area contributed by atoms with E-state index in [1.165, 1.54) is 11.3 Å². The highest BCUT2D eigenvalue weighted by atomic mass is 32.1. The molecule has 3 N–H and O–H groups in total. The predicted octanol–water partition coefficient (Wildman–Crippen LogP) is 2.14. The summed E-state index contributed by atoms with van der Waals surface area (Å²) >= 11 is 1.39. The fourth-order valence-electron chi connectivity index (χ4n) is 2.74. The normalized spacial score (nSPS) is 19.7. The second-order valence-corrected chi connectivity index (χ2v) is 7.05. The standard InChI is InChI=1S/C15H23N3O2S/c1-10(2)11-3-6-14(19)18(8-7-11)9-12-4-5-13(21-12)15(20)17-16/h4-5,10-11H,3,6-9,16H2,1-2H3,(H,17,20). The molecule has 0 spiro atoms.